The van der Waals surface area contributed by atoms with Crippen molar-refractivity contribution in [3.8, 4) is 0 Å². The van der Waals surface area contributed by atoms with Gasteiger partial charge in [0.05, 0.1) is 0 Å². The van der Waals surface area contributed by atoms with E-state index in [0.717, 1.165) is 18.8 Å². The number of rotatable bonds is 12. The molecule has 0 aliphatic rings. The second-order valence-corrected chi connectivity index (χ2v) is 7.43. The lowest BCUT2D eigenvalue weighted by molar-refractivity contribution is -0.139. The lowest BCUT2D eigenvalue weighted by Crippen LogP contribution is -2.41. The average molecular weight is 344 g/mol. The third-order valence-electron chi connectivity index (χ3n) is 3.86. The van der Waals surface area contributed by atoms with E-state index in [1.807, 2.05) is 0 Å². The summed E-state index contributed by atoms with van der Waals surface area (Å²) in [5, 5.41) is 14.9. The van der Waals surface area contributed by atoms with Gasteiger partial charge in [0, 0.05) is 6.54 Å². The molecule has 0 heterocycles. The van der Waals surface area contributed by atoms with Crippen molar-refractivity contribution in [2.45, 2.75) is 84.8 Å². The Morgan fingerprint density at radius 2 is 1.75 bits per heavy atom. The highest BCUT2D eigenvalue weighted by Gasteiger charge is 2.18. The van der Waals surface area contributed by atoms with E-state index in [0.29, 0.717) is 13.0 Å². The molecule has 0 aromatic carbocycles. The zero-order valence-corrected chi connectivity index (χ0v) is 16.0. The minimum atomic E-state index is -0.888. The van der Waals surface area contributed by atoms with Crippen molar-refractivity contribution in [2.75, 3.05) is 13.1 Å². The van der Waals surface area contributed by atoms with Crippen LogP contribution in [0.15, 0.2) is 0 Å². The molecule has 0 saturated carbocycles. The molecule has 6 heteroatoms. The first-order chi connectivity index (χ1) is 11.2. The molecule has 3 N–H and O–H groups in total. The molecule has 0 aromatic heterocycles. The summed E-state index contributed by atoms with van der Waals surface area (Å²) in [6.07, 6.45) is 5.54. The van der Waals surface area contributed by atoms with Crippen LogP contribution in [-0.4, -0.2) is 41.9 Å². The molecule has 0 aliphatic heterocycles. The Morgan fingerprint density at radius 3 is 2.29 bits per heavy atom. The van der Waals surface area contributed by atoms with Crippen LogP contribution >= 0.6 is 0 Å². The summed E-state index contributed by atoms with van der Waals surface area (Å²) >= 11 is 0. The number of aliphatic carboxylic acids is 1. The normalized spacial score (nSPS) is 14.0. The van der Waals surface area contributed by atoms with E-state index in [1.165, 1.54) is 19.3 Å². The highest BCUT2D eigenvalue weighted by Crippen LogP contribution is 2.12. The summed E-state index contributed by atoms with van der Waals surface area (Å²) in [5.41, 5.74) is -0.552. The lowest BCUT2D eigenvalue weighted by atomic mass is 10.0. The number of carbonyl (C=O) groups excluding carboxylic acids is 1. The number of amides is 1. The highest BCUT2D eigenvalue weighted by atomic mass is 16.6. The van der Waals surface area contributed by atoms with Crippen LogP contribution < -0.4 is 10.6 Å². The quantitative estimate of drug-likeness (QED) is 0.471. The molecule has 6 nitrogen and oxygen atoms in total. The number of unbranched alkanes of at least 4 members (excludes halogenated alkanes) is 2. The van der Waals surface area contributed by atoms with E-state index in [9.17, 15) is 14.7 Å². The number of hydrogen-bond acceptors (Lipinski definition) is 4. The van der Waals surface area contributed by atoms with Gasteiger partial charge in [-0.2, -0.15) is 0 Å². The van der Waals surface area contributed by atoms with Crippen LogP contribution in [0.3, 0.4) is 0 Å². The summed E-state index contributed by atoms with van der Waals surface area (Å²) in [6.45, 7) is 10.8. The minimum absolute atomic E-state index is 0.271. The lowest BCUT2D eigenvalue weighted by Gasteiger charge is -2.20. The third kappa shape index (κ3) is 13.2. The Kier molecular flexibility index (Phi) is 11.5. The number of carboxylic acids is 1. The van der Waals surface area contributed by atoms with Crippen molar-refractivity contribution < 1.29 is 19.4 Å². The Labute approximate surface area is 146 Å². The van der Waals surface area contributed by atoms with E-state index in [2.05, 4.69) is 24.5 Å². The minimum Gasteiger partial charge on any atom is -0.480 e. The summed E-state index contributed by atoms with van der Waals surface area (Å²) in [6, 6.07) is -0.644. The van der Waals surface area contributed by atoms with Gasteiger partial charge in [0.15, 0.2) is 0 Å². The van der Waals surface area contributed by atoms with Gasteiger partial charge in [0.1, 0.15) is 11.6 Å². The fourth-order valence-electron chi connectivity index (χ4n) is 2.22. The third-order valence-corrected chi connectivity index (χ3v) is 3.86. The Bertz CT molecular complexity index is 367. The molecule has 0 aromatic rings. The number of ether oxygens (including phenoxy) is 1. The molecule has 0 spiro atoms. The van der Waals surface area contributed by atoms with Gasteiger partial charge < -0.3 is 20.5 Å². The van der Waals surface area contributed by atoms with Gasteiger partial charge in [-0.15, -0.1) is 0 Å². The van der Waals surface area contributed by atoms with Crippen LogP contribution in [0.2, 0.25) is 0 Å². The number of nitrogens with one attached hydrogen (secondary N) is 2. The van der Waals surface area contributed by atoms with Gasteiger partial charge in [-0.1, -0.05) is 39.5 Å². The second kappa shape index (κ2) is 12.1. The summed E-state index contributed by atoms with van der Waals surface area (Å²) < 4.78 is 5.12. The number of carboxylic acid groups (broad SMARTS) is 1. The summed E-state index contributed by atoms with van der Waals surface area (Å²) in [5.74, 6) is -0.121. The van der Waals surface area contributed by atoms with E-state index < -0.39 is 23.7 Å². The van der Waals surface area contributed by atoms with Crippen molar-refractivity contribution in [1.29, 1.82) is 0 Å². The van der Waals surface area contributed by atoms with E-state index >= 15 is 0 Å². The fourth-order valence-corrected chi connectivity index (χ4v) is 2.22. The molecule has 0 radical (unpaired) electrons. The molecule has 142 valence electrons. The van der Waals surface area contributed by atoms with E-state index in [1.54, 1.807) is 20.8 Å². The largest absolute Gasteiger partial charge is 0.480 e. The molecule has 0 fully saturated rings. The first-order valence-corrected chi connectivity index (χ1v) is 9.08. The molecule has 24 heavy (non-hydrogen) atoms. The zero-order chi connectivity index (χ0) is 18.6. The topological polar surface area (TPSA) is 87.7 Å². The van der Waals surface area contributed by atoms with Crippen LogP contribution in [0.5, 0.6) is 0 Å². The van der Waals surface area contributed by atoms with Crippen molar-refractivity contribution >= 4 is 12.1 Å². The smallest absolute Gasteiger partial charge is 0.407 e. The van der Waals surface area contributed by atoms with Gasteiger partial charge in [-0.3, -0.25) is 4.79 Å². The maximum atomic E-state index is 11.5. The van der Waals surface area contributed by atoms with Crippen LogP contribution in [0.4, 0.5) is 4.79 Å². The van der Waals surface area contributed by atoms with Gasteiger partial charge >= 0.3 is 12.1 Å². The van der Waals surface area contributed by atoms with Gasteiger partial charge in [0.25, 0.3) is 0 Å². The van der Waals surface area contributed by atoms with Gasteiger partial charge in [0.2, 0.25) is 0 Å². The molecule has 0 bridgehead atoms. The maximum Gasteiger partial charge on any atom is 0.407 e. The average Bonchev–Trinajstić information content (AvgIpc) is 2.46. The molecule has 0 aliphatic carbocycles. The monoisotopic (exact) mass is 344 g/mol. The first kappa shape index (κ1) is 22.7. The Balaban J connectivity index is 3.86. The maximum absolute atomic E-state index is 11.5. The molecule has 2 atom stereocenters. The van der Waals surface area contributed by atoms with Crippen molar-refractivity contribution in [3.05, 3.63) is 0 Å². The van der Waals surface area contributed by atoms with E-state index in [-0.39, 0.29) is 6.54 Å². The molecule has 0 rings (SSSR count). The predicted molar refractivity (Wildman–Crippen MR) is 96.2 cm³/mol. The van der Waals surface area contributed by atoms with E-state index in [4.69, 9.17) is 4.74 Å². The van der Waals surface area contributed by atoms with Gasteiger partial charge in [-0.05, 0) is 46.1 Å². The van der Waals surface area contributed by atoms with Crippen molar-refractivity contribution in [1.82, 2.24) is 10.6 Å². The highest BCUT2D eigenvalue weighted by molar-refractivity contribution is 5.73. The number of hydrogen-bond donors (Lipinski definition) is 3. The van der Waals surface area contributed by atoms with Gasteiger partial charge in [-0.25, -0.2) is 4.79 Å². The molecular formula is C18H36N2O4. The van der Waals surface area contributed by atoms with Crippen LogP contribution in [0.25, 0.3) is 0 Å². The summed E-state index contributed by atoms with van der Waals surface area (Å²) in [4.78, 5) is 22.8. The van der Waals surface area contributed by atoms with Crippen molar-refractivity contribution in [3.63, 3.8) is 0 Å². The predicted octanol–water partition coefficient (Wildman–Crippen LogP) is 3.55. The number of carbonyl (C=O) groups is 2. The standard InChI is InChI=1S/C18H36N2O4/c1-6-14(2)10-8-7-9-12-19-15(16(21)22)11-13-20-17(23)24-18(3,4)5/h14-15,19H,6-13H2,1-5H3,(H,20,23)(H,21,22). The second-order valence-electron chi connectivity index (χ2n) is 7.43. The van der Waals surface area contributed by atoms with Crippen molar-refractivity contribution in [2.24, 2.45) is 5.92 Å². The fraction of sp³-hybridized carbons (Fsp3) is 0.889. The van der Waals surface area contributed by atoms with Crippen LogP contribution in [0, 0.1) is 5.92 Å². The van der Waals surface area contributed by atoms with Crippen LogP contribution in [0.1, 0.15) is 73.1 Å². The molecule has 0 saturated heterocycles. The first-order valence-electron chi connectivity index (χ1n) is 9.08. The zero-order valence-electron chi connectivity index (χ0n) is 16.0. The summed E-state index contributed by atoms with van der Waals surface area (Å²) in [7, 11) is 0. The molecule has 2 unspecified atom stereocenters. The SMILES string of the molecule is CCC(C)CCCCCNC(CCNC(=O)OC(C)(C)C)C(=O)O. The Morgan fingerprint density at radius 1 is 1.08 bits per heavy atom. The Hall–Kier alpha value is -1.30. The molecular weight excluding hydrogens is 308 g/mol. The molecule has 1 amide bonds. The number of alkyl carbamates (subject to hydrolysis) is 1. The van der Waals surface area contributed by atoms with Crippen LogP contribution in [-0.2, 0) is 9.53 Å².